The lowest BCUT2D eigenvalue weighted by molar-refractivity contribution is -0.0140. The fourth-order valence-corrected chi connectivity index (χ4v) is 5.50. The van der Waals surface area contributed by atoms with Crippen molar-refractivity contribution in [1.29, 1.82) is 0 Å². The fourth-order valence-electron chi connectivity index (χ4n) is 5.50. The van der Waals surface area contributed by atoms with Crippen LogP contribution in [0.3, 0.4) is 0 Å². The van der Waals surface area contributed by atoms with Crippen LogP contribution in [0.1, 0.15) is 36.0 Å². The van der Waals surface area contributed by atoms with Crippen molar-refractivity contribution in [1.82, 2.24) is 9.97 Å². The second kappa shape index (κ2) is 4.26. The van der Waals surface area contributed by atoms with Gasteiger partial charge in [0.05, 0.1) is 16.9 Å². The first-order valence-electron chi connectivity index (χ1n) is 8.29. The van der Waals surface area contributed by atoms with E-state index in [-0.39, 0.29) is 0 Å². The first-order valence-corrected chi connectivity index (χ1v) is 8.29. The number of carbonyl (C=O) groups is 1. The SMILES string of the molecule is NC(=O)c1cnc2[nH]ccc2c1NC1C2CC3CC(O)(C2)CC31. The highest BCUT2D eigenvalue weighted by atomic mass is 16.3. The van der Waals surface area contributed by atoms with Gasteiger partial charge in [-0.1, -0.05) is 0 Å². The zero-order chi connectivity index (χ0) is 15.8. The van der Waals surface area contributed by atoms with Crippen molar-refractivity contribution in [2.24, 2.45) is 23.5 Å². The van der Waals surface area contributed by atoms with E-state index in [4.69, 9.17) is 5.73 Å². The number of nitrogens with zero attached hydrogens (tertiary/aromatic N) is 1. The van der Waals surface area contributed by atoms with E-state index in [1.807, 2.05) is 12.3 Å². The molecule has 1 amide bonds. The number of hydrogen-bond acceptors (Lipinski definition) is 4. The van der Waals surface area contributed by atoms with Gasteiger partial charge in [0.1, 0.15) is 5.65 Å². The summed E-state index contributed by atoms with van der Waals surface area (Å²) in [5.41, 5.74) is 7.09. The number of aromatic nitrogens is 2. The molecule has 4 aliphatic carbocycles. The Morgan fingerprint density at radius 2 is 2.22 bits per heavy atom. The summed E-state index contributed by atoms with van der Waals surface area (Å²) in [4.78, 5) is 19.2. The number of carbonyl (C=O) groups excluding carboxylic acids is 1. The van der Waals surface area contributed by atoms with Gasteiger partial charge in [0.15, 0.2) is 0 Å². The number of pyridine rings is 1. The zero-order valence-corrected chi connectivity index (χ0v) is 12.7. The van der Waals surface area contributed by atoms with Crippen molar-refractivity contribution in [3.05, 3.63) is 24.0 Å². The van der Waals surface area contributed by atoms with Crippen LogP contribution in [0.15, 0.2) is 18.5 Å². The summed E-state index contributed by atoms with van der Waals surface area (Å²) < 4.78 is 0. The molecule has 6 heteroatoms. The molecule has 0 spiro atoms. The highest BCUT2D eigenvalue weighted by Crippen LogP contribution is 2.60. The molecule has 2 heterocycles. The van der Waals surface area contributed by atoms with Gasteiger partial charge in [-0.25, -0.2) is 4.98 Å². The maximum atomic E-state index is 11.8. The summed E-state index contributed by atoms with van der Waals surface area (Å²) in [5.74, 6) is 1.10. The Morgan fingerprint density at radius 3 is 3.00 bits per heavy atom. The maximum Gasteiger partial charge on any atom is 0.252 e. The summed E-state index contributed by atoms with van der Waals surface area (Å²) in [5, 5.41) is 15.1. The molecule has 5 unspecified atom stereocenters. The summed E-state index contributed by atoms with van der Waals surface area (Å²) in [6.07, 6.45) is 7.22. The first-order chi connectivity index (χ1) is 11.0. The molecule has 23 heavy (non-hydrogen) atoms. The van der Waals surface area contributed by atoms with Crippen LogP contribution in [0.25, 0.3) is 11.0 Å². The van der Waals surface area contributed by atoms with Crippen LogP contribution >= 0.6 is 0 Å². The highest BCUT2D eigenvalue weighted by molar-refractivity contribution is 6.06. The molecule has 4 saturated carbocycles. The Bertz CT molecular complexity index is 812. The van der Waals surface area contributed by atoms with Crippen LogP contribution in [0.5, 0.6) is 0 Å². The minimum atomic E-state index is -0.464. The first kappa shape index (κ1) is 13.4. The highest BCUT2D eigenvalue weighted by Gasteiger charge is 2.60. The minimum absolute atomic E-state index is 0.307. The largest absolute Gasteiger partial charge is 0.390 e. The van der Waals surface area contributed by atoms with Crippen molar-refractivity contribution >= 4 is 22.6 Å². The lowest BCUT2D eigenvalue weighted by Crippen LogP contribution is -2.43. The molecule has 4 bridgehead atoms. The van der Waals surface area contributed by atoms with Crippen LogP contribution in [0.4, 0.5) is 5.69 Å². The topological polar surface area (TPSA) is 104 Å². The Balaban J connectivity index is 1.56. The van der Waals surface area contributed by atoms with Gasteiger partial charge in [-0.2, -0.15) is 0 Å². The van der Waals surface area contributed by atoms with Gasteiger partial charge >= 0.3 is 0 Å². The number of amides is 1. The maximum absolute atomic E-state index is 11.8. The van der Waals surface area contributed by atoms with Gasteiger partial charge in [-0.3, -0.25) is 4.79 Å². The predicted octanol–water partition coefficient (Wildman–Crippen LogP) is 1.62. The Labute approximate surface area is 133 Å². The van der Waals surface area contributed by atoms with Crippen LogP contribution < -0.4 is 11.1 Å². The van der Waals surface area contributed by atoms with Gasteiger partial charge in [-0.15, -0.1) is 0 Å². The van der Waals surface area contributed by atoms with E-state index in [9.17, 15) is 9.90 Å². The Kier molecular flexibility index (Phi) is 2.48. The number of nitrogens with two attached hydrogens (primary N) is 1. The molecular formula is C17H20N4O2. The number of anilines is 1. The average Bonchev–Trinajstić information content (AvgIpc) is 3.11. The Hall–Kier alpha value is -2.08. The summed E-state index contributed by atoms with van der Waals surface area (Å²) >= 11 is 0. The fraction of sp³-hybridized carbons (Fsp3) is 0.529. The van der Waals surface area contributed by atoms with Gasteiger partial charge in [0, 0.05) is 23.8 Å². The van der Waals surface area contributed by atoms with Crippen molar-refractivity contribution in [3.63, 3.8) is 0 Å². The van der Waals surface area contributed by atoms with E-state index >= 15 is 0 Å². The van der Waals surface area contributed by atoms with E-state index in [2.05, 4.69) is 15.3 Å². The summed E-state index contributed by atoms with van der Waals surface area (Å²) in [6.45, 7) is 0. The monoisotopic (exact) mass is 312 g/mol. The minimum Gasteiger partial charge on any atom is -0.390 e. The number of fused-ring (bicyclic) bond motifs is 1. The molecule has 6 rings (SSSR count). The smallest absolute Gasteiger partial charge is 0.252 e. The molecule has 5 atom stereocenters. The zero-order valence-electron chi connectivity index (χ0n) is 12.7. The number of H-pyrrole nitrogens is 1. The lowest BCUT2D eigenvalue weighted by atomic mass is 9.76. The van der Waals surface area contributed by atoms with Crippen molar-refractivity contribution < 1.29 is 9.90 Å². The Morgan fingerprint density at radius 1 is 1.39 bits per heavy atom. The number of aromatic amines is 1. The molecule has 4 aliphatic rings. The number of aliphatic hydroxyl groups is 1. The third-order valence-electron chi connectivity index (χ3n) is 6.24. The molecule has 0 aromatic carbocycles. The molecular weight excluding hydrogens is 292 g/mol. The van der Waals surface area contributed by atoms with Crippen molar-refractivity contribution in [2.75, 3.05) is 5.32 Å². The third-order valence-corrected chi connectivity index (χ3v) is 6.24. The van der Waals surface area contributed by atoms with Crippen LogP contribution in [0, 0.1) is 17.8 Å². The molecule has 2 aromatic rings. The van der Waals surface area contributed by atoms with Crippen LogP contribution in [0.2, 0.25) is 0 Å². The molecule has 2 aromatic heterocycles. The second-order valence-electron chi connectivity index (χ2n) is 7.58. The average molecular weight is 312 g/mol. The molecule has 5 N–H and O–H groups in total. The molecule has 0 saturated heterocycles. The second-order valence-corrected chi connectivity index (χ2v) is 7.58. The van der Waals surface area contributed by atoms with E-state index in [1.165, 1.54) is 6.42 Å². The number of primary amides is 1. The quantitative estimate of drug-likeness (QED) is 0.691. The number of hydrogen-bond donors (Lipinski definition) is 4. The van der Waals surface area contributed by atoms with Gasteiger partial charge in [0.25, 0.3) is 5.91 Å². The normalized spacial score (nSPS) is 37.6. The standard InChI is InChI=1S/C17H20N4O2/c18-15(22)12-7-20-16-10(1-2-19-16)14(12)21-13-9-3-8-4-17(23,5-9)6-11(8)13/h1-2,7-9,11,13,23H,3-6H2,(H2,18,22)(H2,19,20,21). The molecule has 0 radical (unpaired) electrons. The predicted molar refractivity (Wildman–Crippen MR) is 85.9 cm³/mol. The molecule has 4 fully saturated rings. The number of rotatable bonds is 3. The van der Waals surface area contributed by atoms with Gasteiger partial charge in [-0.05, 0) is 49.5 Å². The molecule has 6 nitrogen and oxygen atoms in total. The van der Waals surface area contributed by atoms with E-state index in [1.54, 1.807) is 6.20 Å². The van der Waals surface area contributed by atoms with E-state index < -0.39 is 11.5 Å². The van der Waals surface area contributed by atoms with Crippen LogP contribution in [-0.4, -0.2) is 32.6 Å². The van der Waals surface area contributed by atoms with E-state index in [0.717, 1.165) is 36.0 Å². The third kappa shape index (κ3) is 1.78. The van der Waals surface area contributed by atoms with E-state index in [0.29, 0.717) is 29.4 Å². The van der Waals surface area contributed by atoms with Crippen molar-refractivity contribution in [3.8, 4) is 0 Å². The molecule has 120 valence electrons. The molecule has 0 aliphatic heterocycles. The van der Waals surface area contributed by atoms with Crippen molar-refractivity contribution in [2.45, 2.75) is 37.3 Å². The van der Waals surface area contributed by atoms with Gasteiger partial charge in [0.2, 0.25) is 0 Å². The van der Waals surface area contributed by atoms with Crippen LogP contribution in [-0.2, 0) is 0 Å². The van der Waals surface area contributed by atoms with Gasteiger partial charge < -0.3 is 21.1 Å². The summed E-state index contributed by atoms with van der Waals surface area (Å²) in [7, 11) is 0. The lowest BCUT2D eigenvalue weighted by Gasteiger charge is -2.39. The number of nitrogens with one attached hydrogen (secondary N) is 2. The summed E-state index contributed by atoms with van der Waals surface area (Å²) in [6, 6.07) is 2.23.